The van der Waals surface area contributed by atoms with Gasteiger partial charge in [0.1, 0.15) is 6.04 Å². The number of hydrogen-bond donors (Lipinski definition) is 2. The Balaban J connectivity index is 1.37. The third-order valence-electron chi connectivity index (χ3n) is 5.47. The largest absolute Gasteiger partial charge is 0.340 e. The molecular formula is C21H21ClN4O5S. The van der Waals surface area contributed by atoms with Crippen LogP contribution in [0.3, 0.4) is 0 Å². The SMILES string of the molecule is O=C1NC(CC(=O)N2CCN(S(=O)(=O)c3ccc(Cl)cc3)CC2)C(=O)Nc2ccccc21. The van der Waals surface area contributed by atoms with Crippen molar-refractivity contribution >= 4 is 45.0 Å². The number of anilines is 1. The summed E-state index contributed by atoms with van der Waals surface area (Å²) in [6.07, 6.45) is -0.213. The van der Waals surface area contributed by atoms with Crippen LogP contribution in [0.4, 0.5) is 5.69 Å². The van der Waals surface area contributed by atoms with Gasteiger partial charge in [-0.25, -0.2) is 8.42 Å². The number of piperazine rings is 1. The summed E-state index contributed by atoms with van der Waals surface area (Å²) in [5.74, 6) is -1.24. The molecule has 32 heavy (non-hydrogen) atoms. The maximum Gasteiger partial charge on any atom is 0.254 e. The van der Waals surface area contributed by atoms with E-state index in [0.29, 0.717) is 16.3 Å². The van der Waals surface area contributed by atoms with E-state index < -0.39 is 27.9 Å². The first kappa shape index (κ1) is 22.3. The van der Waals surface area contributed by atoms with Crippen LogP contribution in [-0.2, 0) is 19.6 Å². The van der Waals surface area contributed by atoms with Crippen LogP contribution < -0.4 is 10.6 Å². The molecule has 2 aliphatic rings. The van der Waals surface area contributed by atoms with E-state index in [1.165, 1.54) is 33.5 Å². The molecule has 9 nitrogen and oxygen atoms in total. The van der Waals surface area contributed by atoms with E-state index in [1.54, 1.807) is 24.3 Å². The minimum Gasteiger partial charge on any atom is -0.340 e. The lowest BCUT2D eigenvalue weighted by atomic mass is 10.1. The molecule has 1 fully saturated rings. The summed E-state index contributed by atoms with van der Waals surface area (Å²) in [4.78, 5) is 39.4. The zero-order valence-electron chi connectivity index (χ0n) is 17.0. The molecule has 2 heterocycles. The lowest BCUT2D eigenvalue weighted by molar-refractivity contribution is -0.134. The highest BCUT2D eigenvalue weighted by molar-refractivity contribution is 7.89. The van der Waals surface area contributed by atoms with E-state index in [9.17, 15) is 22.8 Å². The van der Waals surface area contributed by atoms with Gasteiger partial charge in [-0.2, -0.15) is 4.31 Å². The third kappa shape index (κ3) is 4.47. The van der Waals surface area contributed by atoms with Gasteiger partial charge in [-0.1, -0.05) is 23.7 Å². The first-order valence-corrected chi connectivity index (χ1v) is 11.8. The molecule has 0 aromatic heterocycles. The summed E-state index contributed by atoms with van der Waals surface area (Å²) in [5.41, 5.74) is 0.725. The molecule has 0 radical (unpaired) electrons. The highest BCUT2D eigenvalue weighted by atomic mass is 35.5. The highest BCUT2D eigenvalue weighted by Gasteiger charge is 2.34. The minimum atomic E-state index is -3.69. The van der Waals surface area contributed by atoms with E-state index in [2.05, 4.69) is 10.6 Å². The Bertz CT molecular complexity index is 1160. The van der Waals surface area contributed by atoms with Gasteiger partial charge in [-0.15, -0.1) is 0 Å². The molecular weight excluding hydrogens is 456 g/mol. The lowest BCUT2D eigenvalue weighted by Crippen LogP contribution is -2.52. The number of nitrogens with zero attached hydrogens (tertiary/aromatic N) is 2. The van der Waals surface area contributed by atoms with Gasteiger partial charge in [0.15, 0.2) is 0 Å². The molecule has 1 atom stereocenters. The second-order valence-electron chi connectivity index (χ2n) is 7.50. The van der Waals surface area contributed by atoms with Crippen molar-refractivity contribution in [2.75, 3.05) is 31.5 Å². The van der Waals surface area contributed by atoms with E-state index in [1.807, 2.05) is 0 Å². The summed E-state index contributed by atoms with van der Waals surface area (Å²) in [7, 11) is -3.69. The van der Waals surface area contributed by atoms with Crippen LogP contribution in [0.15, 0.2) is 53.4 Å². The Morgan fingerprint density at radius 2 is 1.66 bits per heavy atom. The van der Waals surface area contributed by atoms with E-state index in [-0.39, 0.29) is 43.4 Å². The molecule has 3 amide bonds. The van der Waals surface area contributed by atoms with Gasteiger partial charge in [0.2, 0.25) is 21.8 Å². The Labute approximate surface area is 190 Å². The molecule has 0 saturated carbocycles. The Morgan fingerprint density at radius 3 is 2.34 bits per heavy atom. The number of halogens is 1. The van der Waals surface area contributed by atoms with Crippen LogP contribution in [0, 0.1) is 0 Å². The van der Waals surface area contributed by atoms with Crippen molar-refractivity contribution in [3.63, 3.8) is 0 Å². The topological polar surface area (TPSA) is 116 Å². The first-order valence-electron chi connectivity index (χ1n) is 10.00. The molecule has 0 aliphatic carbocycles. The number of para-hydroxylation sites is 1. The number of fused-ring (bicyclic) bond motifs is 1. The molecule has 1 saturated heterocycles. The van der Waals surface area contributed by atoms with Crippen molar-refractivity contribution in [2.45, 2.75) is 17.4 Å². The number of carbonyl (C=O) groups is 3. The third-order valence-corrected chi connectivity index (χ3v) is 7.64. The van der Waals surface area contributed by atoms with E-state index in [4.69, 9.17) is 11.6 Å². The molecule has 0 spiro atoms. The fraction of sp³-hybridized carbons (Fsp3) is 0.286. The number of carbonyl (C=O) groups excluding carboxylic acids is 3. The van der Waals surface area contributed by atoms with Gasteiger partial charge in [0.25, 0.3) is 5.91 Å². The minimum absolute atomic E-state index is 0.130. The monoisotopic (exact) mass is 476 g/mol. The smallest absolute Gasteiger partial charge is 0.254 e. The number of nitrogens with one attached hydrogen (secondary N) is 2. The second-order valence-corrected chi connectivity index (χ2v) is 9.88. The van der Waals surface area contributed by atoms with Crippen molar-refractivity contribution in [1.82, 2.24) is 14.5 Å². The summed E-state index contributed by atoms with van der Waals surface area (Å²) < 4.78 is 26.9. The van der Waals surface area contributed by atoms with E-state index in [0.717, 1.165) is 0 Å². The number of hydrogen-bond acceptors (Lipinski definition) is 5. The maximum absolute atomic E-state index is 12.8. The molecule has 2 aromatic rings. The van der Waals surface area contributed by atoms with Gasteiger partial charge in [-0.3, -0.25) is 14.4 Å². The van der Waals surface area contributed by atoms with Crippen LogP contribution >= 0.6 is 11.6 Å². The molecule has 0 bridgehead atoms. The van der Waals surface area contributed by atoms with Gasteiger partial charge >= 0.3 is 0 Å². The quantitative estimate of drug-likeness (QED) is 0.690. The summed E-state index contributed by atoms with van der Waals surface area (Å²) in [6, 6.07) is 11.5. The summed E-state index contributed by atoms with van der Waals surface area (Å²) in [5, 5.41) is 5.71. The number of benzene rings is 2. The number of amides is 3. The second kappa shape index (κ2) is 8.89. The predicted molar refractivity (Wildman–Crippen MR) is 118 cm³/mol. The molecule has 2 N–H and O–H groups in total. The highest BCUT2D eigenvalue weighted by Crippen LogP contribution is 2.21. The lowest BCUT2D eigenvalue weighted by Gasteiger charge is -2.34. The normalized spacial score (nSPS) is 19.5. The summed E-state index contributed by atoms with van der Waals surface area (Å²) >= 11 is 5.83. The zero-order valence-corrected chi connectivity index (χ0v) is 18.5. The van der Waals surface area contributed by atoms with Crippen LogP contribution in [0.1, 0.15) is 16.8 Å². The predicted octanol–water partition coefficient (Wildman–Crippen LogP) is 1.31. The molecule has 2 aliphatic heterocycles. The fourth-order valence-corrected chi connectivity index (χ4v) is 5.24. The van der Waals surface area contributed by atoms with Crippen molar-refractivity contribution in [2.24, 2.45) is 0 Å². The molecule has 1 unspecified atom stereocenters. The van der Waals surface area contributed by atoms with Gasteiger partial charge in [0.05, 0.1) is 22.6 Å². The van der Waals surface area contributed by atoms with Crippen molar-refractivity contribution < 1.29 is 22.8 Å². The molecule has 168 valence electrons. The Hall–Kier alpha value is -2.95. The fourth-order valence-electron chi connectivity index (χ4n) is 3.69. The van der Waals surface area contributed by atoms with Crippen molar-refractivity contribution in [1.29, 1.82) is 0 Å². The van der Waals surface area contributed by atoms with Crippen molar-refractivity contribution in [3.8, 4) is 0 Å². The number of sulfonamides is 1. The van der Waals surface area contributed by atoms with Crippen LogP contribution in [-0.4, -0.2) is 67.6 Å². The average Bonchev–Trinajstić information content (AvgIpc) is 2.90. The van der Waals surface area contributed by atoms with E-state index >= 15 is 0 Å². The molecule has 2 aromatic carbocycles. The average molecular weight is 477 g/mol. The molecule has 11 heteroatoms. The Morgan fingerprint density at radius 1 is 1.00 bits per heavy atom. The van der Waals surface area contributed by atoms with Gasteiger partial charge in [-0.05, 0) is 36.4 Å². The van der Waals surface area contributed by atoms with Crippen molar-refractivity contribution in [3.05, 3.63) is 59.1 Å². The van der Waals surface area contributed by atoms with Gasteiger partial charge in [0, 0.05) is 31.2 Å². The Kier molecular flexibility index (Phi) is 6.18. The molecule has 4 rings (SSSR count). The van der Waals surface area contributed by atoms with Crippen LogP contribution in [0.25, 0.3) is 0 Å². The summed E-state index contributed by atoms with van der Waals surface area (Å²) in [6.45, 7) is 0.638. The van der Waals surface area contributed by atoms with Gasteiger partial charge < -0.3 is 15.5 Å². The van der Waals surface area contributed by atoms with Crippen LogP contribution in [0.2, 0.25) is 5.02 Å². The first-order chi connectivity index (χ1) is 15.3. The zero-order chi connectivity index (χ0) is 22.9. The van der Waals surface area contributed by atoms with Crippen LogP contribution in [0.5, 0.6) is 0 Å². The number of rotatable bonds is 4. The standard InChI is InChI=1S/C21H21ClN4O5S/c22-14-5-7-15(8-6-14)32(30,31)26-11-9-25(10-12-26)19(27)13-18-21(29)23-17-4-2-1-3-16(17)20(28)24-18/h1-8,18H,9-13H2,(H,23,29)(H,24,28). The maximum atomic E-state index is 12.8.